The van der Waals surface area contributed by atoms with E-state index in [1.807, 2.05) is 7.05 Å². The van der Waals surface area contributed by atoms with E-state index in [0.717, 1.165) is 28.3 Å². The van der Waals surface area contributed by atoms with E-state index in [1.165, 1.54) is 5.56 Å². The van der Waals surface area contributed by atoms with Crippen molar-refractivity contribution in [3.63, 3.8) is 0 Å². The Bertz CT molecular complexity index is 749. The van der Waals surface area contributed by atoms with Crippen molar-refractivity contribution in [2.75, 3.05) is 23.8 Å². The predicted molar refractivity (Wildman–Crippen MR) is 90.8 cm³/mol. The molecule has 0 radical (unpaired) electrons. The molecule has 0 unspecified atom stereocenters. The summed E-state index contributed by atoms with van der Waals surface area (Å²) >= 11 is 1.64. The molecule has 2 heterocycles. The molecule has 0 aliphatic carbocycles. The molecular weight excluding hydrogens is 280 g/mol. The van der Waals surface area contributed by atoms with E-state index in [4.69, 9.17) is 0 Å². The van der Waals surface area contributed by atoms with E-state index in [0.29, 0.717) is 5.95 Å². The van der Waals surface area contributed by atoms with Gasteiger partial charge in [-0.1, -0.05) is 17.7 Å². The van der Waals surface area contributed by atoms with Crippen LogP contribution >= 0.6 is 11.3 Å². The Labute approximate surface area is 128 Å². The molecule has 0 saturated heterocycles. The van der Waals surface area contributed by atoms with Gasteiger partial charge >= 0.3 is 0 Å². The highest BCUT2D eigenvalue weighted by molar-refractivity contribution is 7.16. The Hall–Kier alpha value is -2.14. The third-order valence-electron chi connectivity index (χ3n) is 3.45. The van der Waals surface area contributed by atoms with Crippen LogP contribution in [0.25, 0.3) is 10.2 Å². The Morgan fingerprint density at radius 3 is 2.57 bits per heavy atom. The molecule has 5 heteroatoms. The summed E-state index contributed by atoms with van der Waals surface area (Å²) in [6, 6.07) is 10.6. The summed E-state index contributed by atoms with van der Waals surface area (Å²) in [7, 11) is 1.85. The molecule has 0 saturated carbocycles. The largest absolute Gasteiger partial charge is 0.357 e. The van der Waals surface area contributed by atoms with Crippen molar-refractivity contribution in [2.24, 2.45) is 0 Å². The lowest BCUT2D eigenvalue weighted by molar-refractivity contribution is 0.991. The third kappa shape index (κ3) is 2.56. The molecule has 3 aromatic rings. The molecule has 4 nitrogen and oxygen atoms in total. The zero-order chi connectivity index (χ0) is 14.8. The Kier molecular flexibility index (Phi) is 3.75. The number of hydrogen-bond donors (Lipinski definition) is 1. The van der Waals surface area contributed by atoms with Gasteiger partial charge < -0.3 is 10.2 Å². The quantitative estimate of drug-likeness (QED) is 0.783. The molecular formula is C16H18N4S. The number of hydrogen-bond acceptors (Lipinski definition) is 5. The SMILES string of the molecule is CCN(c1ccc(C)cc1)c1nc(NC)nc2sccc12. The van der Waals surface area contributed by atoms with Crippen molar-refractivity contribution in [1.29, 1.82) is 0 Å². The van der Waals surface area contributed by atoms with Crippen LogP contribution in [0.2, 0.25) is 0 Å². The van der Waals surface area contributed by atoms with Gasteiger partial charge in [-0.2, -0.15) is 4.98 Å². The first-order chi connectivity index (χ1) is 10.2. The van der Waals surface area contributed by atoms with Crippen LogP contribution < -0.4 is 10.2 Å². The number of thiophene rings is 1. The molecule has 0 amide bonds. The Morgan fingerprint density at radius 1 is 1.14 bits per heavy atom. The molecule has 21 heavy (non-hydrogen) atoms. The fraction of sp³-hybridized carbons (Fsp3) is 0.250. The van der Waals surface area contributed by atoms with Gasteiger partial charge in [0.1, 0.15) is 10.6 Å². The molecule has 0 spiro atoms. The van der Waals surface area contributed by atoms with Crippen molar-refractivity contribution in [2.45, 2.75) is 13.8 Å². The fourth-order valence-corrected chi connectivity index (χ4v) is 3.10. The number of aromatic nitrogens is 2. The molecule has 0 fully saturated rings. The van der Waals surface area contributed by atoms with Crippen molar-refractivity contribution in [3.8, 4) is 0 Å². The maximum Gasteiger partial charge on any atom is 0.225 e. The zero-order valence-electron chi connectivity index (χ0n) is 12.4. The van der Waals surface area contributed by atoms with Gasteiger partial charge in [0.2, 0.25) is 5.95 Å². The smallest absolute Gasteiger partial charge is 0.225 e. The number of aryl methyl sites for hydroxylation is 1. The predicted octanol–water partition coefficient (Wildman–Crippen LogP) is 4.20. The standard InChI is InChI=1S/C16H18N4S/c1-4-20(12-7-5-11(2)6-8-12)14-13-9-10-21-15(13)19-16(17-3)18-14/h5-10H,4H2,1-3H3,(H,17,18,19). The maximum atomic E-state index is 4.67. The second-order valence-corrected chi connectivity index (χ2v) is 5.73. The van der Waals surface area contributed by atoms with E-state index in [-0.39, 0.29) is 0 Å². The average molecular weight is 298 g/mol. The highest BCUT2D eigenvalue weighted by Gasteiger charge is 2.15. The van der Waals surface area contributed by atoms with Gasteiger partial charge in [-0.05, 0) is 37.4 Å². The second-order valence-electron chi connectivity index (χ2n) is 4.84. The first-order valence-electron chi connectivity index (χ1n) is 7.00. The normalized spacial score (nSPS) is 10.8. The van der Waals surface area contributed by atoms with Crippen molar-refractivity contribution >= 4 is 39.0 Å². The minimum atomic E-state index is 0.658. The molecule has 1 aromatic carbocycles. The molecule has 0 aliphatic heterocycles. The van der Waals surface area contributed by atoms with E-state index >= 15 is 0 Å². The van der Waals surface area contributed by atoms with Crippen LogP contribution in [0.5, 0.6) is 0 Å². The van der Waals surface area contributed by atoms with Crippen LogP contribution in [-0.4, -0.2) is 23.6 Å². The number of rotatable bonds is 4. The topological polar surface area (TPSA) is 41.1 Å². The summed E-state index contributed by atoms with van der Waals surface area (Å²) in [6.45, 7) is 5.09. The van der Waals surface area contributed by atoms with Crippen LogP contribution in [0.4, 0.5) is 17.5 Å². The second kappa shape index (κ2) is 5.69. The van der Waals surface area contributed by atoms with E-state index < -0.39 is 0 Å². The first kappa shape index (κ1) is 13.8. The van der Waals surface area contributed by atoms with E-state index in [9.17, 15) is 0 Å². The van der Waals surface area contributed by atoms with Gasteiger partial charge in [0.25, 0.3) is 0 Å². The highest BCUT2D eigenvalue weighted by Crippen LogP contribution is 2.33. The summed E-state index contributed by atoms with van der Waals surface area (Å²) < 4.78 is 0. The van der Waals surface area contributed by atoms with Gasteiger partial charge in [-0.3, -0.25) is 0 Å². The van der Waals surface area contributed by atoms with Gasteiger partial charge in [-0.15, -0.1) is 11.3 Å². The van der Waals surface area contributed by atoms with E-state index in [1.54, 1.807) is 11.3 Å². The highest BCUT2D eigenvalue weighted by atomic mass is 32.1. The molecule has 108 valence electrons. The number of nitrogens with zero attached hydrogens (tertiary/aromatic N) is 3. The molecule has 0 bridgehead atoms. The minimum Gasteiger partial charge on any atom is -0.357 e. The van der Waals surface area contributed by atoms with Gasteiger partial charge in [0, 0.05) is 19.3 Å². The summed E-state index contributed by atoms with van der Waals surface area (Å²) in [5, 5.41) is 6.21. The van der Waals surface area contributed by atoms with Crippen LogP contribution in [-0.2, 0) is 0 Å². The van der Waals surface area contributed by atoms with Gasteiger partial charge in [-0.25, -0.2) is 4.98 Å². The molecule has 0 atom stereocenters. The monoisotopic (exact) mass is 298 g/mol. The lowest BCUT2D eigenvalue weighted by atomic mass is 10.2. The molecule has 3 rings (SSSR count). The molecule has 1 N–H and O–H groups in total. The molecule has 2 aromatic heterocycles. The number of fused-ring (bicyclic) bond motifs is 1. The molecule has 0 aliphatic rings. The number of anilines is 3. The average Bonchev–Trinajstić information content (AvgIpc) is 2.98. The van der Waals surface area contributed by atoms with Crippen LogP contribution in [0.15, 0.2) is 35.7 Å². The van der Waals surface area contributed by atoms with Crippen molar-refractivity contribution in [1.82, 2.24) is 9.97 Å². The lowest BCUT2D eigenvalue weighted by Crippen LogP contribution is -2.18. The summed E-state index contributed by atoms with van der Waals surface area (Å²) in [6.07, 6.45) is 0. The minimum absolute atomic E-state index is 0.658. The summed E-state index contributed by atoms with van der Waals surface area (Å²) in [5.74, 6) is 1.61. The van der Waals surface area contributed by atoms with Gasteiger partial charge in [0.05, 0.1) is 5.39 Å². The Balaban J connectivity index is 2.15. The third-order valence-corrected chi connectivity index (χ3v) is 4.25. The van der Waals surface area contributed by atoms with Crippen LogP contribution in [0.3, 0.4) is 0 Å². The van der Waals surface area contributed by atoms with Crippen LogP contribution in [0.1, 0.15) is 12.5 Å². The summed E-state index contributed by atoms with van der Waals surface area (Å²) in [4.78, 5) is 12.4. The number of benzene rings is 1. The lowest BCUT2D eigenvalue weighted by Gasteiger charge is -2.23. The maximum absolute atomic E-state index is 4.67. The Morgan fingerprint density at radius 2 is 1.90 bits per heavy atom. The fourth-order valence-electron chi connectivity index (χ4n) is 2.34. The van der Waals surface area contributed by atoms with E-state index in [2.05, 4.69) is 69.7 Å². The van der Waals surface area contributed by atoms with Crippen molar-refractivity contribution < 1.29 is 0 Å². The first-order valence-corrected chi connectivity index (χ1v) is 7.88. The van der Waals surface area contributed by atoms with Crippen LogP contribution in [0, 0.1) is 6.92 Å². The van der Waals surface area contributed by atoms with Crippen molar-refractivity contribution in [3.05, 3.63) is 41.3 Å². The summed E-state index contributed by atoms with van der Waals surface area (Å²) in [5.41, 5.74) is 2.41. The number of nitrogens with one attached hydrogen (secondary N) is 1. The van der Waals surface area contributed by atoms with Gasteiger partial charge in [0.15, 0.2) is 0 Å². The zero-order valence-corrected chi connectivity index (χ0v) is 13.2.